The lowest BCUT2D eigenvalue weighted by Gasteiger charge is -2.12. The minimum Gasteiger partial charge on any atom is -0.229 e. The lowest BCUT2D eigenvalue weighted by atomic mass is 9.98. The molecule has 1 heteroatoms. The van der Waals surface area contributed by atoms with E-state index in [1.54, 1.807) is 0 Å². The zero-order chi connectivity index (χ0) is 5.61. The van der Waals surface area contributed by atoms with E-state index < -0.39 is 5.60 Å². The topological polar surface area (TPSA) is 19.9 Å². The Morgan fingerprint density at radius 2 is 2.25 bits per heavy atom. The van der Waals surface area contributed by atoms with Crippen LogP contribution >= 0.6 is 0 Å². The second kappa shape index (κ2) is 1.27. The molecule has 2 rings (SSSR count). The monoisotopic (exact) mass is 111 g/mol. The van der Waals surface area contributed by atoms with Crippen LogP contribution in [0.5, 0.6) is 0 Å². The van der Waals surface area contributed by atoms with Crippen molar-refractivity contribution in [3.63, 3.8) is 0 Å². The van der Waals surface area contributed by atoms with Crippen molar-refractivity contribution in [3.05, 3.63) is 0 Å². The van der Waals surface area contributed by atoms with Gasteiger partial charge in [-0.05, 0) is 25.2 Å². The fourth-order valence-corrected chi connectivity index (χ4v) is 1.84. The molecule has 0 aromatic heterocycles. The first-order valence-electron chi connectivity index (χ1n) is 3.52. The summed E-state index contributed by atoms with van der Waals surface area (Å²) in [4.78, 5) is 0. The fraction of sp³-hybridized carbons (Fsp3) is 1.00. The molecule has 0 amide bonds. The summed E-state index contributed by atoms with van der Waals surface area (Å²) in [6, 6.07) is 0. The zero-order valence-electron chi connectivity index (χ0n) is 5.02. The van der Waals surface area contributed by atoms with Crippen molar-refractivity contribution in [2.24, 2.45) is 5.92 Å². The molecule has 2 fully saturated rings. The second-order valence-corrected chi connectivity index (χ2v) is 3.21. The Labute approximate surface area is 49.7 Å². The van der Waals surface area contributed by atoms with Crippen molar-refractivity contribution < 1.29 is 5.11 Å². The van der Waals surface area contributed by atoms with Gasteiger partial charge in [-0.25, -0.2) is 5.11 Å². The highest BCUT2D eigenvalue weighted by atomic mass is 16.3. The van der Waals surface area contributed by atoms with Crippen molar-refractivity contribution >= 4 is 0 Å². The van der Waals surface area contributed by atoms with Gasteiger partial charge in [0.25, 0.3) is 0 Å². The van der Waals surface area contributed by atoms with Gasteiger partial charge in [0.1, 0.15) is 5.60 Å². The van der Waals surface area contributed by atoms with Crippen molar-refractivity contribution in [2.75, 3.05) is 0 Å². The number of hydrogen-bond donors (Lipinski definition) is 0. The van der Waals surface area contributed by atoms with Gasteiger partial charge in [-0.1, -0.05) is 12.8 Å². The quantitative estimate of drug-likeness (QED) is 0.454. The van der Waals surface area contributed by atoms with Crippen molar-refractivity contribution in [2.45, 2.75) is 37.7 Å². The molecule has 0 N–H and O–H groups in total. The first kappa shape index (κ1) is 4.80. The van der Waals surface area contributed by atoms with Crippen LogP contribution in [0, 0.1) is 5.92 Å². The summed E-state index contributed by atoms with van der Waals surface area (Å²) >= 11 is 0. The van der Waals surface area contributed by atoms with Gasteiger partial charge in [0.05, 0.1) is 0 Å². The van der Waals surface area contributed by atoms with E-state index in [4.69, 9.17) is 0 Å². The minimum atomic E-state index is -0.405. The third-order valence-electron chi connectivity index (χ3n) is 2.58. The van der Waals surface area contributed by atoms with E-state index in [1.807, 2.05) is 0 Å². The van der Waals surface area contributed by atoms with E-state index in [-0.39, 0.29) is 0 Å². The molecule has 0 bridgehead atoms. The maximum Gasteiger partial charge on any atom is 0.107 e. The summed E-state index contributed by atoms with van der Waals surface area (Å²) in [5.41, 5.74) is -0.405. The Balaban J connectivity index is 2.04. The van der Waals surface area contributed by atoms with E-state index in [0.29, 0.717) is 5.92 Å². The molecule has 0 aromatic carbocycles. The summed E-state index contributed by atoms with van der Waals surface area (Å²) in [5.74, 6) is 0.594. The van der Waals surface area contributed by atoms with Crippen LogP contribution in [0.1, 0.15) is 32.1 Å². The van der Waals surface area contributed by atoms with Gasteiger partial charge in [-0.15, -0.1) is 0 Å². The number of hydrogen-bond acceptors (Lipinski definition) is 0. The molecule has 0 unspecified atom stereocenters. The predicted octanol–water partition coefficient (Wildman–Crippen LogP) is 1.75. The maximum atomic E-state index is 11.2. The van der Waals surface area contributed by atoms with Gasteiger partial charge in [0.2, 0.25) is 0 Å². The van der Waals surface area contributed by atoms with Crippen LogP contribution in [0.25, 0.3) is 0 Å². The molecule has 0 aliphatic heterocycles. The van der Waals surface area contributed by atoms with Crippen molar-refractivity contribution in [3.8, 4) is 0 Å². The predicted molar refractivity (Wildman–Crippen MR) is 30.0 cm³/mol. The molecule has 8 heavy (non-hydrogen) atoms. The smallest absolute Gasteiger partial charge is 0.107 e. The molecule has 1 nitrogen and oxygen atoms in total. The Morgan fingerprint density at radius 3 is 2.75 bits per heavy atom. The SMILES string of the molecule is [O][C@@]12CCCC[C@@H]1C2. The average molecular weight is 111 g/mol. The van der Waals surface area contributed by atoms with Crippen molar-refractivity contribution in [1.82, 2.24) is 0 Å². The van der Waals surface area contributed by atoms with Crippen LogP contribution in [0.2, 0.25) is 0 Å². The van der Waals surface area contributed by atoms with E-state index in [2.05, 4.69) is 0 Å². The van der Waals surface area contributed by atoms with Gasteiger partial charge in [-0.2, -0.15) is 0 Å². The Kier molecular flexibility index (Phi) is 0.762. The van der Waals surface area contributed by atoms with Gasteiger partial charge >= 0.3 is 0 Å². The van der Waals surface area contributed by atoms with Crippen LogP contribution in [0.15, 0.2) is 0 Å². The van der Waals surface area contributed by atoms with Gasteiger partial charge < -0.3 is 0 Å². The first-order valence-corrected chi connectivity index (χ1v) is 3.52. The van der Waals surface area contributed by atoms with Crippen molar-refractivity contribution in [1.29, 1.82) is 0 Å². The van der Waals surface area contributed by atoms with E-state index in [9.17, 15) is 5.11 Å². The molecule has 1 radical (unpaired) electrons. The number of rotatable bonds is 0. The minimum absolute atomic E-state index is 0.405. The maximum absolute atomic E-state index is 11.2. The van der Waals surface area contributed by atoms with Gasteiger partial charge in [0.15, 0.2) is 0 Å². The van der Waals surface area contributed by atoms with E-state index in [0.717, 1.165) is 12.8 Å². The Morgan fingerprint density at radius 1 is 1.38 bits per heavy atom. The highest BCUT2D eigenvalue weighted by Crippen LogP contribution is 2.53. The molecule has 2 aliphatic rings. The van der Waals surface area contributed by atoms with Crippen LogP contribution in [-0.2, 0) is 5.11 Å². The molecule has 0 aromatic rings. The molecular weight excluding hydrogens is 100 g/mol. The van der Waals surface area contributed by atoms with Crippen LogP contribution in [0.3, 0.4) is 0 Å². The van der Waals surface area contributed by atoms with E-state index in [1.165, 1.54) is 19.3 Å². The van der Waals surface area contributed by atoms with Crippen LogP contribution in [-0.4, -0.2) is 5.60 Å². The summed E-state index contributed by atoms with van der Waals surface area (Å²) in [6.07, 6.45) is 5.70. The highest BCUT2D eigenvalue weighted by molar-refractivity contribution is 5.04. The molecule has 2 atom stereocenters. The molecule has 0 spiro atoms. The normalized spacial score (nSPS) is 52.9. The van der Waals surface area contributed by atoms with Gasteiger partial charge in [-0.3, -0.25) is 0 Å². The average Bonchev–Trinajstić information content (AvgIpc) is 2.39. The standard InChI is InChI=1S/C7H11O/c8-7-4-2-1-3-6(7)5-7/h6H,1-5H2/t6-,7-/m1/s1. The molecule has 2 aliphatic carbocycles. The summed E-state index contributed by atoms with van der Waals surface area (Å²) in [7, 11) is 0. The lowest BCUT2D eigenvalue weighted by molar-refractivity contribution is 0.0276. The second-order valence-electron chi connectivity index (χ2n) is 3.21. The number of fused-ring (bicyclic) bond motifs is 1. The molecule has 0 saturated heterocycles. The molecule has 45 valence electrons. The third kappa shape index (κ3) is 0.510. The third-order valence-corrected chi connectivity index (χ3v) is 2.58. The molecule has 2 saturated carbocycles. The fourth-order valence-electron chi connectivity index (χ4n) is 1.84. The first-order chi connectivity index (χ1) is 3.81. The Hall–Kier alpha value is -0.0400. The molecule has 0 heterocycles. The summed E-state index contributed by atoms with van der Waals surface area (Å²) < 4.78 is 0. The summed E-state index contributed by atoms with van der Waals surface area (Å²) in [5, 5.41) is 11.2. The zero-order valence-corrected chi connectivity index (χ0v) is 5.02. The van der Waals surface area contributed by atoms with Crippen LogP contribution < -0.4 is 0 Å². The van der Waals surface area contributed by atoms with E-state index >= 15 is 0 Å². The lowest BCUT2D eigenvalue weighted by Crippen LogP contribution is -2.12. The van der Waals surface area contributed by atoms with Gasteiger partial charge in [0, 0.05) is 0 Å². The molecular formula is C7H11O. The summed E-state index contributed by atoms with van der Waals surface area (Å²) in [6.45, 7) is 0. The largest absolute Gasteiger partial charge is 0.229 e. The Bertz CT molecular complexity index is 109. The highest BCUT2D eigenvalue weighted by Gasteiger charge is 2.55. The van der Waals surface area contributed by atoms with Crippen LogP contribution in [0.4, 0.5) is 0 Å².